The highest BCUT2D eigenvalue weighted by Crippen LogP contribution is 2.20. The lowest BCUT2D eigenvalue weighted by atomic mass is 10.0. The molecule has 12 heteroatoms. The third kappa shape index (κ3) is 9.37. The first-order valence-corrected chi connectivity index (χ1v) is 15.6. The minimum atomic E-state index is -0.586. The molecule has 0 spiro atoms. The lowest BCUT2D eigenvalue weighted by Crippen LogP contribution is -2.39. The van der Waals surface area contributed by atoms with Crippen LogP contribution in [0.3, 0.4) is 0 Å². The number of ether oxygens (including phenoxy) is 2. The maximum Gasteiger partial charge on any atom is 0.306 e. The first-order valence-electron chi connectivity index (χ1n) is 14.8. The molecule has 44 heavy (non-hydrogen) atoms. The molecule has 2 aromatic carbocycles. The van der Waals surface area contributed by atoms with E-state index in [1.807, 2.05) is 38.1 Å². The fourth-order valence-electron chi connectivity index (χ4n) is 4.76. The van der Waals surface area contributed by atoms with Gasteiger partial charge in [-0.2, -0.15) is 10.2 Å². The van der Waals surface area contributed by atoms with E-state index in [1.54, 1.807) is 24.3 Å². The Labute approximate surface area is 267 Å². The fourth-order valence-corrected chi connectivity index (χ4v) is 5.02. The topological polar surface area (TPSA) is 118 Å². The molecule has 0 radical (unpaired) electrons. The molecule has 2 unspecified atom stereocenters. The number of nitrogens with zero attached hydrogens (tertiary/aromatic N) is 4. The Morgan fingerprint density at radius 1 is 0.682 bits per heavy atom. The van der Waals surface area contributed by atoms with Gasteiger partial charge < -0.3 is 9.47 Å². The normalized spacial score (nSPS) is 16.6. The second-order valence-corrected chi connectivity index (χ2v) is 11.5. The van der Waals surface area contributed by atoms with Crippen molar-refractivity contribution in [2.45, 2.75) is 77.4 Å². The van der Waals surface area contributed by atoms with Gasteiger partial charge in [0.1, 0.15) is 12.2 Å². The zero-order valence-electron chi connectivity index (χ0n) is 24.8. The van der Waals surface area contributed by atoms with E-state index in [1.165, 1.54) is 10.0 Å². The summed E-state index contributed by atoms with van der Waals surface area (Å²) in [6, 6.07) is 14.5. The average Bonchev–Trinajstić information content (AvgIpc) is 3.02. The second kappa shape index (κ2) is 15.8. The van der Waals surface area contributed by atoms with E-state index in [0.717, 1.165) is 22.6 Å². The van der Waals surface area contributed by atoms with Gasteiger partial charge in [-0.3, -0.25) is 19.2 Å². The Balaban J connectivity index is 1.26. The highest BCUT2D eigenvalue weighted by Gasteiger charge is 2.27. The smallest absolute Gasteiger partial charge is 0.306 e. The van der Waals surface area contributed by atoms with Gasteiger partial charge in [0.15, 0.2) is 0 Å². The molecule has 2 atom stereocenters. The molecule has 4 rings (SSSR count). The summed E-state index contributed by atoms with van der Waals surface area (Å²) in [5, 5.41) is 12.9. The largest absolute Gasteiger partial charge is 0.460 e. The number of esters is 2. The lowest BCUT2D eigenvalue weighted by Gasteiger charge is -2.27. The summed E-state index contributed by atoms with van der Waals surface area (Å²) in [7, 11) is 0. The van der Waals surface area contributed by atoms with Crippen LogP contribution in [0.2, 0.25) is 10.0 Å². The molecule has 2 amide bonds. The molecule has 10 nitrogen and oxygen atoms in total. The van der Waals surface area contributed by atoms with Crippen LogP contribution in [0.1, 0.15) is 76.3 Å². The maximum atomic E-state index is 12.6. The Hall–Kier alpha value is -3.76. The number of hydrogen-bond acceptors (Lipinski definition) is 8. The van der Waals surface area contributed by atoms with Crippen LogP contribution in [0.5, 0.6) is 0 Å². The van der Waals surface area contributed by atoms with Gasteiger partial charge in [0.05, 0.1) is 37.4 Å². The molecule has 0 bridgehead atoms. The summed E-state index contributed by atoms with van der Waals surface area (Å²) in [5.74, 6) is -1.44. The molecule has 2 aliphatic heterocycles. The molecule has 2 aliphatic rings. The molecule has 0 saturated heterocycles. The van der Waals surface area contributed by atoms with E-state index in [4.69, 9.17) is 32.7 Å². The average molecular weight is 644 g/mol. The molecular formula is C32H36Cl2N4O6. The third-order valence-corrected chi connectivity index (χ3v) is 7.86. The number of hydrazone groups is 2. The number of carbonyl (C=O) groups is 4. The number of rotatable bonds is 13. The number of benzene rings is 2. The lowest BCUT2D eigenvalue weighted by molar-refractivity contribution is -0.158. The van der Waals surface area contributed by atoms with Crippen LogP contribution in [0.15, 0.2) is 58.7 Å². The van der Waals surface area contributed by atoms with Gasteiger partial charge in [0, 0.05) is 35.7 Å². The minimum absolute atomic E-state index is 0.114. The SMILES string of the molecule is CCC(CN1N=C(c2ccc(Cl)cc2)CCC1=O)OC(=O)CCC(=O)OC(CC)CN1N=C(c2ccc(Cl)cc2)CCC1=O. The Morgan fingerprint density at radius 2 is 1.05 bits per heavy atom. The molecule has 0 aromatic heterocycles. The number of hydrogen-bond donors (Lipinski definition) is 0. The molecule has 0 saturated carbocycles. The van der Waals surface area contributed by atoms with Crippen LogP contribution in [0.4, 0.5) is 0 Å². The van der Waals surface area contributed by atoms with Gasteiger partial charge >= 0.3 is 11.9 Å². The van der Waals surface area contributed by atoms with Crippen molar-refractivity contribution >= 4 is 58.4 Å². The molecule has 2 aromatic rings. The van der Waals surface area contributed by atoms with Crippen molar-refractivity contribution in [3.05, 3.63) is 69.7 Å². The monoisotopic (exact) mass is 642 g/mol. The summed E-state index contributed by atoms with van der Waals surface area (Å²) < 4.78 is 11.2. The van der Waals surface area contributed by atoms with Crippen molar-refractivity contribution in [1.82, 2.24) is 10.0 Å². The van der Waals surface area contributed by atoms with Crippen molar-refractivity contribution in [3.63, 3.8) is 0 Å². The number of halogens is 2. The third-order valence-electron chi connectivity index (χ3n) is 7.36. The highest BCUT2D eigenvalue weighted by atomic mass is 35.5. The van der Waals surface area contributed by atoms with E-state index in [9.17, 15) is 19.2 Å². The van der Waals surface area contributed by atoms with Gasteiger partial charge in [-0.15, -0.1) is 0 Å². The standard InChI is InChI=1S/C32H36Cl2N4O6/c1-3-25(19-37-29(39)15-13-27(35-37)21-5-9-23(33)10-6-21)43-31(41)17-18-32(42)44-26(4-2)20-38-30(40)16-14-28(36-38)22-7-11-24(34)12-8-22/h5-12,25-26H,3-4,13-20H2,1-2H3. The quantitative estimate of drug-likeness (QED) is 0.256. The minimum Gasteiger partial charge on any atom is -0.460 e. The molecule has 0 fully saturated rings. The molecule has 0 aliphatic carbocycles. The van der Waals surface area contributed by atoms with Gasteiger partial charge in [-0.05, 0) is 48.2 Å². The zero-order chi connectivity index (χ0) is 31.6. The first-order chi connectivity index (χ1) is 21.1. The fraction of sp³-hybridized carbons (Fsp3) is 0.438. The Bertz CT molecular complexity index is 1300. The van der Waals surface area contributed by atoms with Crippen molar-refractivity contribution in [2.24, 2.45) is 10.2 Å². The Kier molecular flexibility index (Phi) is 11.9. The second-order valence-electron chi connectivity index (χ2n) is 10.6. The van der Waals surface area contributed by atoms with E-state index in [0.29, 0.717) is 48.6 Å². The van der Waals surface area contributed by atoms with Crippen molar-refractivity contribution in [1.29, 1.82) is 0 Å². The van der Waals surface area contributed by atoms with Crippen LogP contribution < -0.4 is 0 Å². The predicted molar refractivity (Wildman–Crippen MR) is 167 cm³/mol. The molecule has 0 N–H and O–H groups in total. The van der Waals surface area contributed by atoms with Gasteiger partial charge in [-0.25, -0.2) is 10.0 Å². The summed E-state index contributed by atoms with van der Waals surface area (Å²) in [6.45, 7) is 3.92. The molecular weight excluding hydrogens is 607 g/mol. The van der Waals surface area contributed by atoms with E-state index < -0.39 is 24.1 Å². The zero-order valence-corrected chi connectivity index (χ0v) is 26.4. The van der Waals surface area contributed by atoms with Gasteiger partial charge in [0.25, 0.3) is 0 Å². The van der Waals surface area contributed by atoms with Gasteiger partial charge in [0.2, 0.25) is 11.8 Å². The van der Waals surface area contributed by atoms with Gasteiger partial charge in [-0.1, -0.05) is 61.3 Å². The number of carbonyl (C=O) groups excluding carboxylic acids is 4. The van der Waals surface area contributed by atoms with E-state index >= 15 is 0 Å². The summed E-state index contributed by atoms with van der Waals surface area (Å²) in [5.41, 5.74) is 3.27. The molecule has 234 valence electrons. The summed E-state index contributed by atoms with van der Waals surface area (Å²) in [4.78, 5) is 50.3. The Morgan fingerprint density at radius 3 is 1.39 bits per heavy atom. The van der Waals surface area contributed by atoms with Crippen molar-refractivity contribution < 1.29 is 28.7 Å². The van der Waals surface area contributed by atoms with Crippen LogP contribution >= 0.6 is 23.2 Å². The van der Waals surface area contributed by atoms with E-state index in [-0.39, 0.29) is 37.7 Å². The summed E-state index contributed by atoms with van der Waals surface area (Å²) in [6.07, 6.45) is 1.01. The van der Waals surface area contributed by atoms with Crippen LogP contribution in [-0.2, 0) is 28.7 Å². The maximum absolute atomic E-state index is 12.6. The van der Waals surface area contributed by atoms with Crippen LogP contribution in [-0.4, -0.2) is 70.5 Å². The summed E-state index contributed by atoms with van der Waals surface area (Å²) >= 11 is 12.0. The highest BCUT2D eigenvalue weighted by molar-refractivity contribution is 6.31. The van der Waals surface area contributed by atoms with Crippen molar-refractivity contribution in [2.75, 3.05) is 13.1 Å². The van der Waals surface area contributed by atoms with Crippen molar-refractivity contribution in [3.8, 4) is 0 Å². The predicted octanol–water partition coefficient (Wildman–Crippen LogP) is 5.77. The van der Waals surface area contributed by atoms with Crippen LogP contribution in [0.25, 0.3) is 0 Å². The first kappa shape index (κ1) is 33.1. The number of amides is 2. The molecule has 2 heterocycles. The van der Waals surface area contributed by atoms with E-state index in [2.05, 4.69) is 10.2 Å². The van der Waals surface area contributed by atoms with Crippen LogP contribution in [0, 0.1) is 0 Å².